The van der Waals surface area contributed by atoms with Gasteiger partial charge in [0.05, 0.1) is 24.4 Å². The van der Waals surface area contributed by atoms with Crippen molar-refractivity contribution in [3.8, 4) is 11.8 Å². The van der Waals surface area contributed by atoms with E-state index in [9.17, 15) is 0 Å². The molecule has 3 aromatic carbocycles. The summed E-state index contributed by atoms with van der Waals surface area (Å²) in [5, 5.41) is 19.4. The number of rotatable bonds is 5. The van der Waals surface area contributed by atoms with Crippen molar-refractivity contribution in [3.63, 3.8) is 0 Å². The SMILES string of the molecule is N#Cc1ccc(Cn2cc(COc3cccc4ccccc34)nn2)cc1. The molecule has 0 fully saturated rings. The summed E-state index contributed by atoms with van der Waals surface area (Å²) >= 11 is 0. The molecule has 0 saturated heterocycles. The Labute approximate surface area is 151 Å². The third-order valence-corrected chi connectivity index (χ3v) is 4.14. The number of hydrogen-bond acceptors (Lipinski definition) is 4. The second kappa shape index (κ2) is 7.08. The highest BCUT2D eigenvalue weighted by molar-refractivity contribution is 5.88. The third kappa shape index (κ3) is 3.40. The van der Waals surface area contributed by atoms with Crippen LogP contribution in [0.1, 0.15) is 16.8 Å². The topological polar surface area (TPSA) is 63.7 Å². The van der Waals surface area contributed by atoms with Gasteiger partial charge in [-0.15, -0.1) is 5.10 Å². The van der Waals surface area contributed by atoms with Crippen LogP contribution in [-0.2, 0) is 13.2 Å². The quantitative estimate of drug-likeness (QED) is 0.552. The highest BCUT2D eigenvalue weighted by Gasteiger charge is 2.05. The average Bonchev–Trinajstić information content (AvgIpc) is 3.14. The molecule has 5 nitrogen and oxygen atoms in total. The molecule has 1 aromatic heterocycles. The molecule has 0 aliphatic heterocycles. The number of hydrogen-bond donors (Lipinski definition) is 0. The zero-order valence-electron chi connectivity index (χ0n) is 14.0. The summed E-state index contributed by atoms with van der Waals surface area (Å²) in [7, 11) is 0. The molecular formula is C21H16N4O. The van der Waals surface area contributed by atoms with Crippen molar-refractivity contribution in [1.82, 2.24) is 15.0 Å². The van der Waals surface area contributed by atoms with Gasteiger partial charge in [-0.3, -0.25) is 0 Å². The fourth-order valence-electron chi connectivity index (χ4n) is 2.83. The Balaban J connectivity index is 1.44. The Morgan fingerprint density at radius 2 is 1.77 bits per heavy atom. The van der Waals surface area contributed by atoms with Crippen LogP contribution in [0.25, 0.3) is 10.8 Å². The number of nitrogens with zero attached hydrogens (tertiary/aromatic N) is 4. The van der Waals surface area contributed by atoms with Crippen LogP contribution in [0.4, 0.5) is 0 Å². The lowest BCUT2D eigenvalue weighted by Crippen LogP contribution is -2.00. The van der Waals surface area contributed by atoms with Gasteiger partial charge in [-0.05, 0) is 29.1 Å². The van der Waals surface area contributed by atoms with Gasteiger partial charge in [0.25, 0.3) is 0 Å². The Bertz CT molecular complexity index is 1070. The standard InChI is InChI=1S/C21H16N4O/c22-12-16-8-10-17(11-9-16)13-25-14-19(23-24-25)15-26-21-7-3-5-18-4-1-2-6-20(18)21/h1-11,14H,13,15H2. The van der Waals surface area contributed by atoms with Crippen LogP contribution < -0.4 is 4.74 Å². The molecule has 0 aliphatic rings. The predicted octanol–water partition coefficient (Wildman–Crippen LogP) is 3.93. The summed E-state index contributed by atoms with van der Waals surface area (Å²) in [6.07, 6.45) is 1.88. The summed E-state index contributed by atoms with van der Waals surface area (Å²) in [5.41, 5.74) is 2.48. The maximum Gasteiger partial charge on any atom is 0.134 e. The van der Waals surface area contributed by atoms with Crippen molar-refractivity contribution in [3.05, 3.63) is 89.7 Å². The van der Waals surface area contributed by atoms with Gasteiger partial charge in [-0.25, -0.2) is 4.68 Å². The van der Waals surface area contributed by atoms with Crippen LogP contribution in [0.15, 0.2) is 72.9 Å². The Hall–Kier alpha value is -3.65. The van der Waals surface area contributed by atoms with E-state index in [1.165, 1.54) is 0 Å². The van der Waals surface area contributed by atoms with E-state index in [-0.39, 0.29) is 0 Å². The number of fused-ring (bicyclic) bond motifs is 1. The van der Waals surface area contributed by atoms with Crippen molar-refractivity contribution in [1.29, 1.82) is 5.26 Å². The molecule has 26 heavy (non-hydrogen) atoms. The second-order valence-electron chi connectivity index (χ2n) is 5.98. The van der Waals surface area contributed by atoms with E-state index >= 15 is 0 Å². The van der Waals surface area contributed by atoms with E-state index in [1.54, 1.807) is 16.8 Å². The lowest BCUT2D eigenvalue weighted by molar-refractivity contribution is 0.305. The molecule has 0 unspecified atom stereocenters. The first-order valence-corrected chi connectivity index (χ1v) is 8.30. The van der Waals surface area contributed by atoms with E-state index in [1.807, 2.05) is 48.7 Å². The molecule has 4 aromatic rings. The first kappa shape index (κ1) is 15.9. The van der Waals surface area contributed by atoms with Crippen molar-refractivity contribution < 1.29 is 4.74 Å². The first-order valence-electron chi connectivity index (χ1n) is 8.30. The van der Waals surface area contributed by atoms with Gasteiger partial charge < -0.3 is 4.74 Å². The van der Waals surface area contributed by atoms with Gasteiger partial charge in [-0.1, -0.05) is 53.7 Å². The highest BCUT2D eigenvalue weighted by Crippen LogP contribution is 2.25. The average molecular weight is 340 g/mol. The zero-order valence-corrected chi connectivity index (χ0v) is 14.0. The zero-order chi connectivity index (χ0) is 17.8. The lowest BCUT2D eigenvalue weighted by Gasteiger charge is -2.07. The maximum atomic E-state index is 8.85. The Morgan fingerprint density at radius 3 is 2.62 bits per heavy atom. The molecule has 0 spiro atoms. The fraction of sp³-hybridized carbons (Fsp3) is 0.0952. The largest absolute Gasteiger partial charge is 0.487 e. The van der Waals surface area contributed by atoms with Gasteiger partial charge >= 0.3 is 0 Å². The smallest absolute Gasteiger partial charge is 0.134 e. The normalized spacial score (nSPS) is 10.6. The van der Waals surface area contributed by atoms with E-state index in [2.05, 4.69) is 28.5 Å². The van der Waals surface area contributed by atoms with Crippen molar-refractivity contribution >= 4 is 10.8 Å². The summed E-state index contributed by atoms with van der Waals surface area (Å²) in [4.78, 5) is 0. The number of benzene rings is 3. The van der Waals surface area contributed by atoms with Crippen LogP contribution >= 0.6 is 0 Å². The summed E-state index contributed by atoms with van der Waals surface area (Å²) in [5.74, 6) is 0.838. The third-order valence-electron chi connectivity index (χ3n) is 4.14. The Morgan fingerprint density at radius 1 is 0.962 bits per heavy atom. The number of nitriles is 1. The maximum absolute atomic E-state index is 8.85. The number of ether oxygens (including phenoxy) is 1. The molecule has 0 saturated carbocycles. The summed E-state index contributed by atoms with van der Waals surface area (Å²) in [6, 6.07) is 23.7. The van der Waals surface area contributed by atoms with E-state index in [0.717, 1.165) is 27.8 Å². The minimum Gasteiger partial charge on any atom is -0.487 e. The second-order valence-corrected chi connectivity index (χ2v) is 5.98. The molecule has 126 valence electrons. The van der Waals surface area contributed by atoms with Gasteiger partial charge in [-0.2, -0.15) is 5.26 Å². The van der Waals surface area contributed by atoms with E-state index in [0.29, 0.717) is 18.7 Å². The molecule has 0 radical (unpaired) electrons. The van der Waals surface area contributed by atoms with Gasteiger partial charge in [0.2, 0.25) is 0 Å². The van der Waals surface area contributed by atoms with Crippen LogP contribution in [0.3, 0.4) is 0 Å². The molecule has 5 heteroatoms. The predicted molar refractivity (Wildman–Crippen MR) is 98.6 cm³/mol. The highest BCUT2D eigenvalue weighted by atomic mass is 16.5. The minimum atomic E-state index is 0.362. The molecule has 0 N–H and O–H groups in total. The number of aromatic nitrogens is 3. The Kier molecular flexibility index (Phi) is 4.31. The van der Waals surface area contributed by atoms with Crippen molar-refractivity contribution in [2.24, 2.45) is 0 Å². The van der Waals surface area contributed by atoms with E-state index in [4.69, 9.17) is 10.00 Å². The summed E-state index contributed by atoms with van der Waals surface area (Å²) in [6.45, 7) is 0.967. The van der Waals surface area contributed by atoms with Crippen LogP contribution in [-0.4, -0.2) is 15.0 Å². The molecular weight excluding hydrogens is 324 g/mol. The van der Waals surface area contributed by atoms with Gasteiger partial charge in [0.15, 0.2) is 0 Å². The molecule has 4 rings (SSSR count). The molecule has 0 bridgehead atoms. The first-order chi connectivity index (χ1) is 12.8. The fourth-order valence-corrected chi connectivity index (χ4v) is 2.83. The molecule has 0 amide bonds. The molecule has 1 heterocycles. The van der Waals surface area contributed by atoms with E-state index < -0.39 is 0 Å². The van der Waals surface area contributed by atoms with Crippen molar-refractivity contribution in [2.45, 2.75) is 13.2 Å². The van der Waals surface area contributed by atoms with Crippen LogP contribution in [0.5, 0.6) is 5.75 Å². The molecule has 0 aliphatic carbocycles. The minimum absolute atomic E-state index is 0.362. The van der Waals surface area contributed by atoms with Gasteiger partial charge in [0, 0.05) is 5.39 Å². The van der Waals surface area contributed by atoms with Crippen LogP contribution in [0.2, 0.25) is 0 Å². The van der Waals surface area contributed by atoms with Crippen molar-refractivity contribution in [2.75, 3.05) is 0 Å². The van der Waals surface area contributed by atoms with Gasteiger partial charge in [0.1, 0.15) is 18.1 Å². The molecule has 0 atom stereocenters. The monoisotopic (exact) mass is 340 g/mol. The van der Waals surface area contributed by atoms with Crippen LogP contribution in [0, 0.1) is 11.3 Å². The summed E-state index contributed by atoms with van der Waals surface area (Å²) < 4.78 is 7.71. The lowest BCUT2D eigenvalue weighted by atomic mass is 10.1.